The highest BCUT2D eigenvalue weighted by Crippen LogP contribution is 2.11. The van der Waals surface area contributed by atoms with Gasteiger partial charge in [0.1, 0.15) is 5.69 Å². The van der Waals surface area contributed by atoms with Gasteiger partial charge in [-0.25, -0.2) is 0 Å². The lowest BCUT2D eigenvalue weighted by Crippen LogP contribution is -2.03. The molecule has 0 saturated carbocycles. The van der Waals surface area contributed by atoms with Gasteiger partial charge in [-0.05, 0) is 19.1 Å². The van der Waals surface area contributed by atoms with Crippen molar-refractivity contribution in [2.75, 3.05) is 0 Å². The molecular formula is C13H10ClNO. The second-order valence-corrected chi connectivity index (χ2v) is 3.99. The molecule has 3 heteroatoms. The molecular weight excluding hydrogens is 222 g/mol. The molecule has 0 bridgehead atoms. The minimum atomic E-state index is -0.0864. The maximum atomic E-state index is 12.0. The molecule has 16 heavy (non-hydrogen) atoms. The van der Waals surface area contributed by atoms with Crippen LogP contribution in [0.2, 0.25) is 5.02 Å². The average Bonchev–Trinajstić information content (AvgIpc) is 2.30. The smallest absolute Gasteiger partial charge is 0.211 e. The lowest BCUT2D eigenvalue weighted by molar-refractivity contribution is 0.103. The molecule has 0 fully saturated rings. The van der Waals surface area contributed by atoms with Gasteiger partial charge in [-0.15, -0.1) is 0 Å². The molecule has 1 aromatic heterocycles. The first-order chi connectivity index (χ1) is 7.66. The average molecular weight is 232 g/mol. The van der Waals surface area contributed by atoms with E-state index < -0.39 is 0 Å². The molecule has 80 valence electrons. The molecule has 0 aliphatic rings. The fourth-order valence-corrected chi connectivity index (χ4v) is 1.47. The summed E-state index contributed by atoms with van der Waals surface area (Å²) in [4.78, 5) is 16.0. The van der Waals surface area contributed by atoms with Gasteiger partial charge in [-0.2, -0.15) is 0 Å². The van der Waals surface area contributed by atoms with Gasteiger partial charge in [0.15, 0.2) is 0 Å². The third kappa shape index (κ3) is 2.28. The van der Waals surface area contributed by atoms with E-state index in [-0.39, 0.29) is 5.78 Å². The summed E-state index contributed by atoms with van der Waals surface area (Å²) in [5, 5.41) is 0.528. The van der Waals surface area contributed by atoms with Crippen molar-refractivity contribution in [3.8, 4) is 0 Å². The Kier molecular flexibility index (Phi) is 3.02. The van der Waals surface area contributed by atoms with Crippen molar-refractivity contribution in [1.29, 1.82) is 0 Å². The molecule has 0 N–H and O–H groups in total. The van der Waals surface area contributed by atoms with Crippen LogP contribution in [0.1, 0.15) is 21.6 Å². The van der Waals surface area contributed by atoms with Crippen LogP contribution >= 0.6 is 11.6 Å². The van der Waals surface area contributed by atoms with Gasteiger partial charge in [0.25, 0.3) is 0 Å². The van der Waals surface area contributed by atoms with E-state index in [1.165, 1.54) is 6.20 Å². The maximum Gasteiger partial charge on any atom is 0.211 e. The number of aryl methyl sites for hydroxylation is 1. The van der Waals surface area contributed by atoms with E-state index in [9.17, 15) is 4.79 Å². The van der Waals surface area contributed by atoms with Crippen LogP contribution in [0.5, 0.6) is 0 Å². The van der Waals surface area contributed by atoms with E-state index in [4.69, 9.17) is 11.6 Å². The third-order valence-corrected chi connectivity index (χ3v) is 2.50. The Morgan fingerprint density at radius 3 is 2.38 bits per heavy atom. The number of aromatic nitrogens is 1. The summed E-state index contributed by atoms with van der Waals surface area (Å²) in [6.45, 7) is 1.98. The number of carbonyl (C=O) groups is 1. The maximum absolute atomic E-state index is 12.0. The zero-order valence-corrected chi connectivity index (χ0v) is 9.53. The van der Waals surface area contributed by atoms with Gasteiger partial charge < -0.3 is 0 Å². The SMILES string of the molecule is Cc1ccc(C(=O)c2ccc(Cl)cn2)cc1. The quantitative estimate of drug-likeness (QED) is 0.743. The fourth-order valence-electron chi connectivity index (χ4n) is 1.36. The number of hydrogen-bond donors (Lipinski definition) is 0. The molecule has 0 radical (unpaired) electrons. The van der Waals surface area contributed by atoms with Crippen LogP contribution in [0.4, 0.5) is 0 Å². The highest BCUT2D eigenvalue weighted by molar-refractivity contribution is 6.30. The summed E-state index contributed by atoms with van der Waals surface area (Å²) in [5.41, 5.74) is 2.18. The van der Waals surface area contributed by atoms with Crippen LogP contribution in [0.25, 0.3) is 0 Å². The summed E-state index contributed by atoms with van der Waals surface area (Å²) in [5.74, 6) is -0.0864. The van der Waals surface area contributed by atoms with Crippen molar-refractivity contribution in [2.24, 2.45) is 0 Å². The van der Waals surface area contributed by atoms with Crippen LogP contribution in [0, 0.1) is 6.92 Å². The molecule has 0 saturated heterocycles. The number of carbonyl (C=O) groups excluding carboxylic acids is 1. The van der Waals surface area contributed by atoms with Crippen molar-refractivity contribution < 1.29 is 4.79 Å². The van der Waals surface area contributed by atoms with Crippen LogP contribution < -0.4 is 0 Å². The predicted octanol–water partition coefficient (Wildman–Crippen LogP) is 3.27. The molecule has 1 heterocycles. The first-order valence-electron chi connectivity index (χ1n) is 4.90. The van der Waals surface area contributed by atoms with Crippen LogP contribution in [-0.2, 0) is 0 Å². The highest BCUT2D eigenvalue weighted by atomic mass is 35.5. The van der Waals surface area contributed by atoms with Gasteiger partial charge in [-0.3, -0.25) is 9.78 Å². The number of benzene rings is 1. The Hall–Kier alpha value is -1.67. The van der Waals surface area contributed by atoms with E-state index in [0.717, 1.165) is 5.56 Å². The monoisotopic (exact) mass is 231 g/mol. The number of halogens is 1. The van der Waals surface area contributed by atoms with Crippen LogP contribution in [0.15, 0.2) is 42.6 Å². The van der Waals surface area contributed by atoms with Crippen LogP contribution in [0.3, 0.4) is 0 Å². The lowest BCUT2D eigenvalue weighted by atomic mass is 10.1. The minimum absolute atomic E-state index is 0.0864. The Morgan fingerprint density at radius 2 is 1.81 bits per heavy atom. The number of ketones is 1. The molecule has 2 rings (SSSR count). The summed E-state index contributed by atoms with van der Waals surface area (Å²) in [7, 11) is 0. The predicted molar refractivity (Wildman–Crippen MR) is 63.9 cm³/mol. The van der Waals surface area contributed by atoms with Crippen molar-refractivity contribution in [3.63, 3.8) is 0 Å². The zero-order chi connectivity index (χ0) is 11.5. The Labute approximate surface area is 98.9 Å². The molecule has 0 aliphatic carbocycles. The number of hydrogen-bond acceptors (Lipinski definition) is 2. The summed E-state index contributed by atoms with van der Waals surface area (Å²) in [6, 6.07) is 10.7. The van der Waals surface area contributed by atoms with Gasteiger partial charge in [0.2, 0.25) is 5.78 Å². The largest absolute Gasteiger partial charge is 0.287 e. The Bertz CT molecular complexity index is 455. The summed E-state index contributed by atoms with van der Waals surface area (Å²) in [6.07, 6.45) is 1.48. The standard InChI is InChI=1S/C13H10ClNO/c1-9-2-4-10(5-3-9)13(16)12-7-6-11(14)8-15-12/h2-8H,1H3. The molecule has 0 atom stereocenters. The van der Waals surface area contributed by atoms with Crippen LogP contribution in [-0.4, -0.2) is 10.8 Å². The number of pyridine rings is 1. The summed E-state index contributed by atoms with van der Waals surface area (Å²) < 4.78 is 0. The van der Waals surface area contributed by atoms with E-state index in [1.54, 1.807) is 24.3 Å². The zero-order valence-electron chi connectivity index (χ0n) is 8.77. The van der Waals surface area contributed by atoms with Gasteiger partial charge in [-0.1, -0.05) is 41.4 Å². The van der Waals surface area contributed by atoms with Gasteiger partial charge in [0.05, 0.1) is 5.02 Å². The van der Waals surface area contributed by atoms with Crippen molar-refractivity contribution in [3.05, 3.63) is 64.4 Å². The third-order valence-electron chi connectivity index (χ3n) is 2.27. The topological polar surface area (TPSA) is 30.0 Å². The highest BCUT2D eigenvalue weighted by Gasteiger charge is 2.09. The van der Waals surface area contributed by atoms with E-state index in [0.29, 0.717) is 16.3 Å². The molecule has 0 unspecified atom stereocenters. The molecule has 1 aromatic carbocycles. The second-order valence-electron chi connectivity index (χ2n) is 3.56. The van der Waals surface area contributed by atoms with Crippen molar-refractivity contribution in [1.82, 2.24) is 4.98 Å². The van der Waals surface area contributed by atoms with E-state index in [2.05, 4.69) is 4.98 Å². The fraction of sp³-hybridized carbons (Fsp3) is 0.0769. The Morgan fingerprint density at radius 1 is 1.12 bits per heavy atom. The first-order valence-corrected chi connectivity index (χ1v) is 5.27. The van der Waals surface area contributed by atoms with Gasteiger partial charge >= 0.3 is 0 Å². The van der Waals surface area contributed by atoms with E-state index >= 15 is 0 Å². The molecule has 2 nitrogen and oxygen atoms in total. The van der Waals surface area contributed by atoms with Crippen molar-refractivity contribution in [2.45, 2.75) is 6.92 Å². The summed E-state index contributed by atoms with van der Waals surface area (Å²) >= 11 is 5.71. The molecule has 0 aliphatic heterocycles. The first kappa shape index (κ1) is 10.8. The minimum Gasteiger partial charge on any atom is -0.287 e. The van der Waals surface area contributed by atoms with Crippen molar-refractivity contribution >= 4 is 17.4 Å². The lowest BCUT2D eigenvalue weighted by Gasteiger charge is -2.00. The van der Waals surface area contributed by atoms with E-state index in [1.807, 2.05) is 19.1 Å². The number of rotatable bonds is 2. The Balaban J connectivity index is 2.32. The molecule has 0 spiro atoms. The normalized spacial score (nSPS) is 10.1. The second kappa shape index (κ2) is 4.45. The molecule has 0 amide bonds. The number of nitrogens with zero attached hydrogens (tertiary/aromatic N) is 1. The van der Waals surface area contributed by atoms with Gasteiger partial charge in [0, 0.05) is 11.8 Å². The molecule has 2 aromatic rings.